The predicted octanol–water partition coefficient (Wildman–Crippen LogP) is 2.94. The number of nitrogens with one attached hydrogen (secondary N) is 2. The molecule has 2 aromatic carbocycles. The number of nitrogens with zero attached hydrogens (tertiary/aromatic N) is 1. The molecule has 0 aliphatic carbocycles. The van der Waals surface area contributed by atoms with Gasteiger partial charge in [-0.05, 0) is 58.6 Å². The maximum Gasteiger partial charge on any atom is 1.00 e. The zero-order valence-electron chi connectivity index (χ0n) is 21.8. The Hall–Kier alpha value is -2.09. The number of aromatic nitrogens is 1. The number of hydrogen-bond acceptors (Lipinski definition) is 7. The molecule has 39 heavy (non-hydrogen) atoms. The summed E-state index contributed by atoms with van der Waals surface area (Å²) < 4.78 is 58.4. The van der Waals surface area contributed by atoms with E-state index in [1.54, 1.807) is 31.2 Å². The van der Waals surface area contributed by atoms with Crippen LogP contribution in [0, 0.1) is 20.8 Å². The van der Waals surface area contributed by atoms with Crippen LogP contribution < -0.4 is 62.0 Å². The maximum absolute atomic E-state index is 12.2. The summed E-state index contributed by atoms with van der Waals surface area (Å²) in [5.74, 6) is -0.436. The quantitative estimate of drug-likeness (QED) is 0.251. The topological polar surface area (TPSA) is 105 Å². The second-order valence-corrected chi connectivity index (χ2v) is 9.09. The zero-order valence-corrected chi connectivity index (χ0v) is 25.7. The largest absolute Gasteiger partial charge is 1.00 e. The molecule has 0 fully saturated rings. The van der Waals surface area contributed by atoms with Gasteiger partial charge < -0.3 is 27.6 Å². The molecule has 3 rings (SSSR count). The molecule has 0 atom stereocenters. The number of hydrogen-bond donors (Lipinski definition) is 2. The Morgan fingerprint density at radius 1 is 0.974 bits per heavy atom. The number of imide groups is 1. The van der Waals surface area contributed by atoms with Gasteiger partial charge in [-0.15, -0.1) is 0 Å². The minimum absolute atomic E-state index is 0. The molecule has 204 valence electrons. The Kier molecular flexibility index (Phi) is 14.5. The van der Waals surface area contributed by atoms with Crippen LogP contribution in [0.1, 0.15) is 41.3 Å². The molecule has 0 unspecified atom stereocenters. The first kappa shape index (κ1) is 34.9. The van der Waals surface area contributed by atoms with Gasteiger partial charge in [0.05, 0.1) is 5.56 Å². The van der Waals surface area contributed by atoms with Crippen molar-refractivity contribution >= 4 is 28.3 Å². The van der Waals surface area contributed by atoms with Crippen molar-refractivity contribution in [2.75, 3.05) is 5.32 Å². The number of alkyl halides is 3. The molecule has 0 aliphatic heterocycles. The van der Waals surface area contributed by atoms with Crippen LogP contribution in [-0.2, 0) is 30.1 Å². The van der Waals surface area contributed by atoms with Crippen molar-refractivity contribution in [2.45, 2.75) is 43.8 Å². The van der Waals surface area contributed by atoms with Gasteiger partial charge in [-0.2, -0.15) is 26.0 Å². The smallest absolute Gasteiger partial charge is 0.420 e. The number of halogens is 3. The summed E-state index contributed by atoms with van der Waals surface area (Å²) in [4.78, 5) is 26.7. The first-order valence-corrected chi connectivity index (χ1v) is 12.4. The number of anilines is 1. The van der Waals surface area contributed by atoms with E-state index >= 15 is 0 Å². The van der Waals surface area contributed by atoms with E-state index in [9.17, 15) is 31.2 Å². The van der Waals surface area contributed by atoms with E-state index < -0.39 is 34.3 Å². The minimum atomic E-state index is -4.34. The summed E-state index contributed by atoms with van der Waals surface area (Å²) in [6.07, 6.45) is -2.33. The normalized spacial score (nSPS) is 10.8. The molecule has 0 bridgehead atoms. The van der Waals surface area contributed by atoms with Crippen molar-refractivity contribution < 1.29 is 82.6 Å². The summed E-state index contributed by atoms with van der Waals surface area (Å²) in [6, 6.07) is 14.0. The molecule has 0 spiro atoms. The van der Waals surface area contributed by atoms with Crippen LogP contribution in [0.3, 0.4) is 0 Å². The molecule has 0 aliphatic rings. The van der Waals surface area contributed by atoms with Gasteiger partial charge in [0.25, 0.3) is 5.91 Å². The molecule has 0 saturated heterocycles. The van der Waals surface area contributed by atoms with E-state index in [-0.39, 0.29) is 62.3 Å². The molecule has 0 saturated carbocycles. The van der Waals surface area contributed by atoms with Gasteiger partial charge in [0.2, 0.25) is 5.91 Å². The van der Waals surface area contributed by atoms with Crippen LogP contribution in [-0.4, -0.2) is 22.8 Å². The Balaban J connectivity index is 0.000000399. The fraction of sp³-hybridized carbons (Fsp3) is 0.222. The van der Waals surface area contributed by atoms with Gasteiger partial charge >= 0.3 is 57.6 Å². The van der Waals surface area contributed by atoms with E-state index in [1.807, 2.05) is 6.07 Å². The third kappa shape index (κ3) is 11.1. The molecule has 1 heterocycles. The summed E-state index contributed by atoms with van der Waals surface area (Å²) in [5, 5.41) is 5.19. The molecule has 3 aromatic rings. The fourth-order valence-corrected chi connectivity index (χ4v) is 3.59. The van der Waals surface area contributed by atoms with Crippen LogP contribution in [0.15, 0.2) is 65.7 Å². The number of pyridine rings is 1. The number of carbonyl (C=O) groups excluding carboxylic acids is 2. The van der Waals surface area contributed by atoms with Gasteiger partial charge in [-0.25, -0.2) is 4.98 Å². The third-order valence-electron chi connectivity index (χ3n) is 5.28. The van der Waals surface area contributed by atoms with Crippen LogP contribution in [0.25, 0.3) is 11.1 Å². The summed E-state index contributed by atoms with van der Waals surface area (Å²) in [5.41, 5.74) is 2.11. The van der Waals surface area contributed by atoms with Gasteiger partial charge in [-0.3, -0.25) is 14.9 Å². The Morgan fingerprint density at radius 2 is 1.56 bits per heavy atom. The van der Waals surface area contributed by atoms with Crippen molar-refractivity contribution in [1.82, 2.24) is 10.3 Å². The SMILES string of the molecule is CC(=O)NC(=O)c1ccc(-c2ccc([S-](=O)=O)cc2)cc1C.[CH2-]CC(C[CH2-])Nc1ccc(C(F)(F)F)cn1.[K+]. The first-order chi connectivity index (χ1) is 17.8. The van der Waals surface area contributed by atoms with Gasteiger partial charge in [0, 0.05) is 18.7 Å². The fourth-order valence-electron chi connectivity index (χ4n) is 3.23. The van der Waals surface area contributed by atoms with Crippen molar-refractivity contribution in [3.05, 3.63) is 91.3 Å². The second-order valence-electron chi connectivity index (χ2n) is 8.15. The van der Waals surface area contributed by atoms with Crippen molar-refractivity contribution in [1.29, 1.82) is 0 Å². The van der Waals surface area contributed by atoms with Crippen molar-refractivity contribution in [2.24, 2.45) is 0 Å². The Labute approximate surface area is 270 Å². The van der Waals surface area contributed by atoms with Gasteiger partial charge in [-0.1, -0.05) is 41.3 Å². The summed E-state index contributed by atoms with van der Waals surface area (Å²) >= 11 is 0. The monoisotopic (exact) mass is 585 g/mol. The number of aryl methyl sites for hydroxylation is 1. The van der Waals surface area contributed by atoms with E-state index in [2.05, 4.69) is 29.5 Å². The van der Waals surface area contributed by atoms with E-state index in [0.29, 0.717) is 24.2 Å². The number of amides is 2. The van der Waals surface area contributed by atoms with Crippen LogP contribution in [0.4, 0.5) is 19.0 Å². The molecule has 0 radical (unpaired) electrons. The molecule has 2 amide bonds. The first-order valence-electron chi connectivity index (χ1n) is 11.4. The van der Waals surface area contributed by atoms with Gasteiger partial charge in [0.15, 0.2) is 0 Å². The number of benzene rings is 2. The average Bonchev–Trinajstić information content (AvgIpc) is 2.87. The van der Waals surface area contributed by atoms with E-state index in [0.717, 1.165) is 29.0 Å². The second kappa shape index (κ2) is 16.2. The maximum atomic E-state index is 12.2. The summed E-state index contributed by atoms with van der Waals surface area (Å²) in [6.45, 7) is 10.5. The molecule has 12 heteroatoms. The van der Waals surface area contributed by atoms with Crippen LogP contribution in [0.5, 0.6) is 0 Å². The predicted molar refractivity (Wildman–Crippen MR) is 138 cm³/mol. The molecule has 2 N–H and O–H groups in total. The minimum Gasteiger partial charge on any atom is -0.420 e. The number of rotatable bonds is 7. The average molecular weight is 586 g/mol. The Morgan fingerprint density at radius 3 is 2.00 bits per heavy atom. The molecular formula is C27H27F3KN3O4S-2. The van der Waals surface area contributed by atoms with Crippen molar-refractivity contribution in [3.63, 3.8) is 0 Å². The molecule has 7 nitrogen and oxygen atoms in total. The van der Waals surface area contributed by atoms with Crippen LogP contribution >= 0.6 is 0 Å². The molecule has 1 aromatic heterocycles. The molecular weight excluding hydrogens is 558 g/mol. The van der Waals surface area contributed by atoms with Crippen LogP contribution in [0.2, 0.25) is 0 Å². The van der Waals surface area contributed by atoms with E-state index in [1.165, 1.54) is 25.1 Å². The number of carbonyl (C=O) groups is 2. The van der Waals surface area contributed by atoms with E-state index in [4.69, 9.17) is 0 Å². The Bertz CT molecular complexity index is 1320. The summed E-state index contributed by atoms with van der Waals surface area (Å²) in [7, 11) is -2.25. The van der Waals surface area contributed by atoms with Crippen molar-refractivity contribution in [3.8, 4) is 11.1 Å². The zero-order chi connectivity index (χ0) is 28.5. The third-order valence-corrected chi connectivity index (χ3v) is 5.94. The van der Waals surface area contributed by atoms with Gasteiger partial charge in [0.1, 0.15) is 5.82 Å². The standard InChI is InChI=1S/C16H14NO4S.C11H13F3N2.K/c1-10-9-13(5-8-15(10)16(19)17-11(2)18)12-3-6-14(7-4-12)22(20)21;1-3-9(4-2)16-10-6-5-8(7-15-10)11(12,13)14;/h3-9H,1-2H3,(H,17,18,19);5-7,9H,1-4H2,(H,15,16);/q-1;-2;+1.